The van der Waals surface area contributed by atoms with Crippen LogP contribution in [0.25, 0.3) is 0 Å². The predicted molar refractivity (Wildman–Crippen MR) is 52.1 cm³/mol. The fraction of sp³-hybridized carbons (Fsp3) is 0.167. The lowest BCUT2D eigenvalue weighted by Gasteiger charge is -1.85. The highest BCUT2D eigenvalue weighted by atomic mass is 127. The molecule has 1 rings (SSSR count). The van der Waals surface area contributed by atoms with Gasteiger partial charge in [-0.3, -0.25) is 4.79 Å². The lowest BCUT2D eigenvalue weighted by atomic mass is 10.2. The number of rotatable bonds is 1. The monoisotopic (exact) mass is 286 g/mol. The molecule has 4 heteroatoms. The first-order valence-corrected chi connectivity index (χ1v) is 4.84. The van der Waals surface area contributed by atoms with E-state index in [-0.39, 0.29) is 5.78 Å². The average Bonchev–Trinajstić information content (AvgIpc) is 2.10. The predicted octanol–water partition coefficient (Wildman–Crippen LogP) is 3.21. The maximum atomic E-state index is 10.8. The van der Waals surface area contributed by atoms with Gasteiger partial charge in [-0.05, 0) is 35.6 Å². The third-order valence-corrected chi connectivity index (χ3v) is 3.16. The summed E-state index contributed by atoms with van der Waals surface area (Å²) < 4.78 is 1.64. The first-order chi connectivity index (χ1) is 4.61. The molecule has 0 aliphatic heterocycles. The molecule has 0 fully saturated rings. The van der Waals surface area contributed by atoms with Crippen molar-refractivity contribution >= 4 is 51.3 Å². The van der Waals surface area contributed by atoms with Crippen LogP contribution >= 0.6 is 45.5 Å². The van der Waals surface area contributed by atoms with Crippen LogP contribution in [-0.4, -0.2) is 5.78 Å². The number of hydrogen-bond donors (Lipinski definition) is 0. The topological polar surface area (TPSA) is 17.1 Å². The van der Waals surface area contributed by atoms with Crippen molar-refractivity contribution in [2.24, 2.45) is 0 Å². The fourth-order valence-corrected chi connectivity index (χ4v) is 3.04. The molecule has 0 bridgehead atoms. The van der Waals surface area contributed by atoms with Gasteiger partial charge in [-0.1, -0.05) is 11.6 Å². The van der Waals surface area contributed by atoms with Crippen molar-refractivity contribution in [2.75, 3.05) is 0 Å². The van der Waals surface area contributed by atoms with Gasteiger partial charge in [-0.2, -0.15) is 0 Å². The average molecular weight is 287 g/mol. The van der Waals surface area contributed by atoms with Crippen LogP contribution < -0.4 is 0 Å². The number of Topliss-reactive ketones (excluding diaryl/α,β-unsaturated/α-hetero) is 1. The molecule has 0 unspecified atom stereocenters. The van der Waals surface area contributed by atoms with Crippen LogP contribution in [0.2, 0.25) is 4.34 Å². The van der Waals surface area contributed by atoms with Crippen LogP contribution in [0, 0.1) is 2.88 Å². The summed E-state index contributed by atoms with van der Waals surface area (Å²) in [6, 6.07) is 1.80. The van der Waals surface area contributed by atoms with E-state index in [4.69, 9.17) is 11.6 Å². The van der Waals surface area contributed by atoms with Gasteiger partial charge in [0.2, 0.25) is 0 Å². The van der Waals surface area contributed by atoms with E-state index in [1.165, 1.54) is 18.3 Å². The van der Waals surface area contributed by atoms with Crippen LogP contribution in [0.5, 0.6) is 0 Å². The molecule has 0 saturated heterocycles. The van der Waals surface area contributed by atoms with E-state index >= 15 is 0 Å². The SMILES string of the molecule is CC(=O)c1cc(I)sc1Cl. The molecule has 0 aliphatic carbocycles. The van der Waals surface area contributed by atoms with E-state index in [1.54, 1.807) is 6.07 Å². The summed E-state index contributed by atoms with van der Waals surface area (Å²) in [4.78, 5) is 10.8. The maximum absolute atomic E-state index is 10.8. The third kappa shape index (κ3) is 1.71. The van der Waals surface area contributed by atoms with Crippen molar-refractivity contribution in [1.82, 2.24) is 0 Å². The van der Waals surface area contributed by atoms with E-state index < -0.39 is 0 Å². The lowest BCUT2D eigenvalue weighted by molar-refractivity contribution is 0.101. The minimum Gasteiger partial charge on any atom is -0.294 e. The van der Waals surface area contributed by atoms with Gasteiger partial charge < -0.3 is 0 Å². The third-order valence-electron chi connectivity index (χ3n) is 1.04. The summed E-state index contributed by atoms with van der Waals surface area (Å²) in [6.45, 7) is 1.52. The molecule has 0 amide bonds. The van der Waals surface area contributed by atoms with Gasteiger partial charge in [0, 0.05) is 5.56 Å². The van der Waals surface area contributed by atoms with Crippen molar-refractivity contribution in [3.63, 3.8) is 0 Å². The highest BCUT2D eigenvalue weighted by Crippen LogP contribution is 2.28. The summed E-state index contributed by atoms with van der Waals surface area (Å²) in [6.07, 6.45) is 0. The minimum atomic E-state index is 0.0316. The molecule has 0 radical (unpaired) electrons. The van der Waals surface area contributed by atoms with E-state index in [0.29, 0.717) is 9.90 Å². The summed E-state index contributed by atoms with van der Waals surface area (Å²) in [7, 11) is 0. The molecule has 0 N–H and O–H groups in total. The Hall–Kier alpha value is 0.390. The van der Waals surface area contributed by atoms with Gasteiger partial charge in [0.1, 0.15) is 4.34 Å². The smallest absolute Gasteiger partial charge is 0.162 e. The Labute approximate surface area is 81.5 Å². The van der Waals surface area contributed by atoms with Gasteiger partial charge in [-0.15, -0.1) is 11.3 Å². The second-order valence-electron chi connectivity index (χ2n) is 1.79. The van der Waals surface area contributed by atoms with Crippen LogP contribution in [0.15, 0.2) is 6.07 Å². The van der Waals surface area contributed by atoms with Crippen molar-refractivity contribution in [2.45, 2.75) is 6.92 Å². The maximum Gasteiger partial charge on any atom is 0.162 e. The van der Waals surface area contributed by atoms with E-state index in [1.807, 2.05) is 0 Å². The van der Waals surface area contributed by atoms with Crippen LogP contribution in [0.3, 0.4) is 0 Å². The van der Waals surface area contributed by atoms with Crippen LogP contribution in [0.4, 0.5) is 0 Å². The van der Waals surface area contributed by atoms with E-state index in [9.17, 15) is 4.79 Å². The highest BCUT2D eigenvalue weighted by Gasteiger charge is 2.08. The number of carbonyl (C=O) groups is 1. The van der Waals surface area contributed by atoms with E-state index in [2.05, 4.69) is 22.6 Å². The number of halogens is 2. The molecule has 1 aromatic heterocycles. The molecule has 10 heavy (non-hydrogen) atoms. The van der Waals surface area contributed by atoms with Crippen molar-refractivity contribution in [3.05, 3.63) is 18.9 Å². The number of hydrogen-bond acceptors (Lipinski definition) is 2. The molecule has 0 aromatic carbocycles. The summed E-state index contributed by atoms with van der Waals surface area (Å²) in [5.41, 5.74) is 0.635. The highest BCUT2D eigenvalue weighted by molar-refractivity contribution is 14.1. The molecule has 0 spiro atoms. The first kappa shape index (κ1) is 8.49. The molecule has 0 atom stereocenters. The second kappa shape index (κ2) is 3.19. The van der Waals surface area contributed by atoms with Gasteiger partial charge in [0.15, 0.2) is 5.78 Å². The molecular weight excluding hydrogens is 282 g/mol. The normalized spacial score (nSPS) is 9.90. The quantitative estimate of drug-likeness (QED) is 0.572. The zero-order chi connectivity index (χ0) is 7.72. The molecule has 54 valence electrons. The van der Waals surface area contributed by atoms with Gasteiger partial charge in [-0.25, -0.2) is 0 Å². The van der Waals surface area contributed by atoms with Crippen LogP contribution in [0.1, 0.15) is 17.3 Å². The number of ketones is 1. The molecule has 1 nitrogen and oxygen atoms in total. The Balaban J connectivity index is 3.15. The van der Waals surface area contributed by atoms with E-state index in [0.717, 1.165) is 2.88 Å². The summed E-state index contributed by atoms with van der Waals surface area (Å²) in [5.74, 6) is 0.0316. The molecule has 0 aliphatic rings. The summed E-state index contributed by atoms with van der Waals surface area (Å²) in [5, 5.41) is 0. The Morgan fingerprint density at radius 2 is 2.40 bits per heavy atom. The molecule has 1 aromatic rings. The van der Waals surface area contributed by atoms with Gasteiger partial charge >= 0.3 is 0 Å². The Morgan fingerprint density at radius 1 is 1.80 bits per heavy atom. The fourth-order valence-electron chi connectivity index (χ4n) is 0.580. The largest absolute Gasteiger partial charge is 0.294 e. The molecule has 0 saturated carbocycles. The first-order valence-electron chi connectivity index (χ1n) is 2.57. The Kier molecular flexibility index (Phi) is 2.71. The van der Waals surface area contributed by atoms with Gasteiger partial charge in [0.25, 0.3) is 0 Å². The van der Waals surface area contributed by atoms with Crippen molar-refractivity contribution < 1.29 is 4.79 Å². The summed E-state index contributed by atoms with van der Waals surface area (Å²) >= 11 is 9.30. The minimum absolute atomic E-state index is 0.0316. The molecular formula is C6H4ClIOS. The molecule has 1 heterocycles. The van der Waals surface area contributed by atoms with Crippen molar-refractivity contribution in [1.29, 1.82) is 0 Å². The second-order valence-corrected chi connectivity index (χ2v) is 5.34. The number of carbonyl (C=O) groups excluding carboxylic acids is 1. The van der Waals surface area contributed by atoms with Crippen LogP contribution in [-0.2, 0) is 0 Å². The zero-order valence-electron chi connectivity index (χ0n) is 5.15. The zero-order valence-corrected chi connectivity index (χ0v) is 8.88. The standard InChI is InChI=1S/C6H4ClIOS/c1-3(9)4-2-5(8)10-6(4)7/h2H,1H3. The Morgan fingerprint density at radius 3 is 2.60 bits per heavy atom. The number of thiophene rings is 1. The Bertz CT molecular complexity index is 269. The lowest BCUT2D eigenvalue weighted by Crippen LogP contribution is -1.87. The van der Waals surface area contributed by atoms with Gasteiger partial charge in [0.05, 0.1) is 2.88 Å². The van der Waals surface area contributed by atoms with Crippen molar-refractivity contribution in [3.8, 4) is 0 Å².